The zero-order chi connectivity index (χ0) is 10.6. The van der Waals surface area contributed by atoms with Gasteiger partial charge in [0.15, 0.2) is 0 Å². The lowest BCUT2D eigenvalue weighted by Crippen LogP contribution is -2.10. The number of ether oxygens (including phenoxy) is 1. The summed E-state index contributed by atoms with van der Waals surface area (Å²) in [6, 6.07) is 0. The first kappa shape index (κ1) is 10.6. The van der Waals surface area contributed by atoms with Gasteiger partial charge in [-0.3, -0.25) is 0 Å². The second-order valence-electron chi connectivity index (χ2n) is 2.61. The Morgan fingerprint density at radius 1 is 1.79 bits per heavy atom. The lowest BCUT2D eigenvalue weighted by atomic mass is 10.5. The van der Waals surface area contributed by atoms with Crippen LogP contribution in [0.15, 0.2) is 6.20 Å². The van der Waals surface area contributed by atoms with Gasteiger partial charge in [0.2, 0.25) is 0 Å². The van der Waals surface area contributed by atoms with Crippen molar-refractivity contribution in [3.8, 4) is 0 Å². The number of aromatic nitrogens is 2. The van der Waals surface area contributed by atoms with Crippen molar-refractivity contribution in [2.45, 2.75) is 13.2 Å². The normalized spacial score (nSPS) is 10.4. The summed E-state index contributed by atoms with van der Waals surface area (Å²) in [4.78, 5) is 13.6. The van der Waals surface area contributed by atoms with Crippen molar-refractivity contribution in [1.29, 1.82) is 0 Å². The summed E-state index contributed by atoms with van der Waals surface area (Å²) in [6.45, 7) is 0.212. The van der Waals surface area contributed by atoms with Gasteiger partial charge in [0.05, 0.1) is 13.2 Å². The van der Waals surface area contributed by atoms with Crippen molar-refractivity contribution >= 4 is 5.95 Å². The Hall–Kier alpha value is -1.47. The van der Waals surface area contributed by atoms with Crippen molar-refractivity contribution in [1.82, 2.24) is 9.55 Å². The van der Waals surface area contributed by atoms with Crippen LogP contribution in [0.4, 0.5) is 5.95 Å². The number of nitrogens with zero attached hydrogens (tertiary/aromatic N) is 3. The minimum Gasteiger partial charge on any atom is -0.393 e. The average Bonchev–Trinajstić information content (AvgIpc) is 2.50. The fourth-order valence-electron chi connectivity index (χ4n) is 1.15. The van der Waals surface area contributed by atoms with Crippen molar-refractivity contribution in [2.24, 2.45) is 0 Å². The lowest BCUT2D eigenvalue weighted by molar-refractivity contribution is -0.396. The smallest absolute Gasteiger partial charge is 0.393 e. The average molecular weight is 201 g/mol. The molecule has 78 valence electrons. The zero-order valence-electron chi connectivity index (χ0n) is 7.71. The number of hydrogen-bond acceptors (Lipinski definition) is 5. The van der Waals surface area contributed by atoms with E-state index >= 15 is 0 Å². The molecule has 0 spiro atoms. The van der Waals surface area contributed by atoms with Crippen molar-refractivity contribution in [2.75, 3.05) is 13.7 Å². The van der Waals surface area contributed by atoms with Gasteiger partial charge in [-0.15, -0.1) is 0 Å². The van der Waals surface area contributed by atoms with Crippen LogP contribution in [0.1, 0.15) is 5.69 Å². The van der Waals surface area contributed by atoms with Crippen molar-refractivity contribution < 1.29 is 14.8 Å². The minimum atomic E-state index is -0.588. The molecule has 0 aromatic carbocycles. The molecule has 0 saturated heterocycles. The van der Waals surface area contributed by atoms with Crippen LogP contribution in [-0.2, 0) is 17.9 Å². The fraction of sp³-hybridized carbons (Fsp3) is 0.571. The topological polar surface area (TPSA) is 90.4 Å². The second-order valence-corrected chi connectivity index (χ2v) is 2.61. The molecular weight excluding hydrogens is 190 g/mol. The quantitative estimate of drug-likeness (QED) is 0.532. The number of aliphatic hydroxyl groups is 1. The molecule has 7 heteroatoms. The van der Waals surface area contributed by atoms with E-state index in [2.05, 4.69) is 4.98 Å². The number of methoxy groups -OCH3 is 1. The number of imidazole rings is 1. The predicted octanol–water partition coefficient (Wildman–Crippen LogP) is -0.0700. The highest BCUT2D eigenvalue weighted by Gasteiger charge is 2.19. The molecule has 1 aromatic heterocycles. The maximum Gasteiger partial charge on any atom is 0.434 e. The third kappa shape index (κ3) is 2.06. The van der Waals surface area contributed by atoms with Gasteiger partial charge in [0.25, 0.3) is 0 Å². The van der Waals surface area contributed by atoms with Gasteiger partial charge in [-0.1, -0.05) is 4.98 Å². The molecule has 0 aliphatic carbocycles. The molecule has 1 rings (SSSR count). The zero-order valence-corrected chi connectivity index (χ0v) is 7.71. The first-order valence-corrected chi connectivity index (χ1v) is 3.99. The van der Waals surface area contributed by atoms with Gasteiger partial charge in [0, 0.05) is 7.11 Å². The van der Waals surface area contributed by atoms with Gasteiger partial charge < -0.3 is 20.0 Å². The number of nitro groups is 1. The highest BCUT2D eigenvalue weighted by atomic mass is 16.6. The van der Waals surface area contributed by atoms with E-state index in [1.165, 1.54) is 17.9 Å². The molecule has 0 amide bonds. The van der Waals surface area contributed by atoms with E-state index in [0.29, 0.717) is 5.69 Å². The summed E-state index contributed by atoms with van der Waals surface area (Å²) in [5, 5.41) is 19.2. The van der Waals surface area contributed by atoms with E-state index in [9.17, 15) is 10.1 Å². The van der Waals surface area contributed by atoms with Crippen LogP contribution in [-0.4, -0.2) is 33.3 Å². The van der Waals surface area contributed by atoms with Crippen molar-refractivity contribution in [3.05, 3.63) is 22.0 Å². The first-order chi connectivity index (χ1) is 6.70. The van der Waals surface area contributed by atoms with Crippen LogP contribution >= 0.6 is 0 Å². The number of aliphatic hydroxyl groups excluding tert-OH is 1. The number of hydrogen-bond donors (Lipinski definition) is 1. The molecule has 0 aliphatic rings. The van der Waals surface area contributed by atoms with E-state index in [0.717, 1.165) is 0 Å². The van der Waals surface area contributed by atoms with Crippen LogP contribution in [0.3, 0.4) is 0 Å². The van der Waals surface area contributed by atoms with Crippen LogP contribution in [0, 0.1) is 10.1 Å². The fourth-order valence-corrected chi connectivity index (χ4v) is 1.15. The summed E-state index contributed by atoms with van der Waals surface area (Å²) >= 11 is 0. The predicted molar refractivity (Wildman–Crippen MR) is 46.7 cm³/mol. The molecule has 1 N–H and O–H groups in total. The largest absolute Gasteiger partial charge is 0.434 e. The maximum atomic E-state index is 10.5. The molecule has 0 saturated carbocycles. The van der Waals surface area contributed by atoms with E-state index in [-0.39, 0.29) is 25.7 Å². The van der Waals surface area contributed by atoms with E-state index in [4.69, 9.17) is 9.84 Å². The lowest BCUT2D eigenvalue weighted by Gasteiger charge is -2.02. The van der Waals surface area contributed by atoms with Crippen LogP contribution in [0.2, 0.25) is 0 Å². The molecule has 1 heterocycles. The minimum absolute atomic E-state index is 0.148. The molecule has 14 heavy (non-hydrogen) atoms. The molecule has 0 atom stereocenters. The molecular formula is C7H11N3O4. The summed E-state index contributed by atoms with van der Waals surface area (Å²) in [6.07, 6.45) is 1.37. The van der Waals surface area contributed by atoms with Crippen LogP contribution < -0.4 is 0 Å². The third-order valence-corrected chi connectivity index (χ3v) is 1.70. The van der Waals surface area contributed by atoms with Gasteiger partial charge in [0.1, 0.15) is 18.5 Å². The van der Waals surface area contributed by atoms with Gasteiger partial charge in [-0.2, -0.15) is 0 Å². The Labute approximate surface area is 80.1 Å². The molecule has 0 fully saturated rings. The van der Waals surface area contributed by atoms with Gasteiger partial charge in [-0.25, -0.2) is 4.57 Å². The maximum absolute atomic E-state index is 10.5. The van der Waals surface area contributed by atoms with E-state index in [1.54, 1.807) is 0 Å². The first-order valence-electron chi connectivity index (χ1n) is 3.99. The van der Waals surface area contributed by atoms with Crippen LogP contribution in [0.5, 0.6) is 0 Å². The molecule has 0 bridgehead atoms. The molecule has 0 aliphatic heterocycles. The van der Waals surface area contributed by atoms with Crippen LogP contribution in [0.25, 0.3) is 0 Å². The summed E-state index contributed by atoms with van der Waals surface area (Å²) in [5.41, 5.74) is 0.577. The molecule has 1 aromatic rings. The Bertz CT molecular complexity index is 323. The summed E-state index contributed by atoms with van der Waals surface area (Å²) in [5.74, 6) is -0.272. The summed E-state index contributed by atoms with van der Waals surface area (Å²) < 4.78 is 6.17. The molecule has 0 unspecified atom stereocenters. The highest BCUT2D eigenvalue weighted by molar-refractivity contribution is 5.14. The Balaban J connectivity index is 3.00. The number of rotatable bonds is 5. The molecule has 0 radical (unpaired) electrons. The highest BCUT2D eigenvalue weighted by Crippen LogP contribution is 2.13. The summed E-state index contributed by atoms with van der Waals surface area (Å²) in [7, 11) is 1.49. The second kappa shape index (κ2) is 4.68. The monoisotopic (exact) mass is 201 g/mol. The Morgan fingerprint density at radius 2 is 2.50 bits per heavy atom. The SMILES string of the molecule is COCc1cnc([N+](=O)[O-])n1CCO. The van der Waals surface area contributed by atoms with Gasteiger partial charge in [-0.05, 0) is 4.92 Å². The van der Waals surface area contributed by atoms with Gasteiger partial charge >= 0.3 is 5.95 Å². The van der Waals surface area contributed by atoms with E-state index in [1.807, 2.05) is 0 Å². The Kier molecular flexibility index (Phi) is 3.55. The Morgan fingerprint density at radius 3 is 3.00 bits per heavy atom. The third-order valence-electron chi connectivity index (χ3n) is 1.70. The molecule has 7 nitrogen and oxygen atoms in total. The standard InChI is InChI=1S/C7H11N3O4/c1-14-5-6-4-8-7(10(12)13)9(6)2-3-11/h4,11H,2-3,5H2,1H3. The van der Waals surface area contributed by atoms with E-state index < -0.39 is 4.92 Å². The van der Waals surface area contributed by atoms with Crippen molar-refractivity contribution in [3.63, 3.8) is 0 Å².